The van der Waals surface area contributed by atoms with Crippen molar-refractivity contribution in [1.82, 2.24) is 10.2 Å². The highest BCUT2D eigenvalue weighted by Gasteiger charge is 2.30. The molecule has 24 heavy (non-hydrogen) atoms. The number of ether oxygens (including phenoxy) is 3. The summed E-state index contributed by atoms with van der Waals surface area (Å²) in [4.78, 5) is 15.5. The number of likely N-dealkylation sites (N-methyl/N-ethyl adjacent to an activating group) is 1. The van der Waals surface area contributed by atoms with Crippen molar-refractivity contribution in [1.29, 1.82) is 0 Å². The Kier molecular flexibility index (Phi) is 6.77. The standard InChI is InChI=1S/C17H26N2O4S/c1-11-16(18-6-7-23-11)17(20)19(2)10-12-8-13(21-3)14(22-4)9-15(12)24-5/h8-9,11,16,18H,6-7,10H2,1-5H3/t11-,16+/m1/s1. The van der Waals surface area contributed by atoms with Crippen LogP contribution in [0.1, 0.15) is 12.5 Å². The van der Waals surface area contributed by atoms with Crippen molar-refractivity contribution in [2.24, 2.45) is 0 Å². The lowest BCUT2D eigenvalue weighted by atomic mass is 10.1. The number of hydrogen-bond donors (Lipinski definition) is 1. The molecule has 1 fully saturated rings. The smallest absolute Gasteiger partial charge is 0.242 e. The maximum absolute atomic E-state index is 12.7. The maximum Gasteiger partial charge on any atom is 0.242 e. The number of hydrogen-bond acceptors (Lipinski definition) is 6. The summed E-state index contributed by atoms with van der Waals surface area (Å²) >= 11 is 1.62. The molecule has 0 aromatic heterocycles. The minimum absolute atomic E-state index is 0.0315. The average Bonchev–Trinajstić information content (AvgIpc) is 2.61. The summed E-state index contributed by atoms with van der Waals surface area (Å²) in [6.07, 6.45) is 1.88. The van der Waals surface area contributed by atoms with Crippen molar-refractivity contribution < 1.29 is 19.0 Å². The molecule has 2 atom stereocenters. The van der Waals surface area contributed by atoms with Gasteiger partial charge in [0.25, 0.3) is 0 Å². The number of carbonyl (C=O) groups is 1. The monoisotopic (exact) mass is 354 g/mol. The normalized spacial score (nSPS) is 20.5. The molecule has 6 nitrogen and oxygen atoms in total. The van der Waals surface area contributed by atoms with Gasteiger partial charge in [-0.05, 0) is 30.9 Å². The third-order valence-corrected chi connectivity index (χ3v) is 4.97. The van der Waals surface area contributed by atoms with Crippen LogP contribution in [0.5, 0.6) is 11.5 Å². The molecule has 1 heterocycles. The van der Waals surface area contributed by atoms with Crippen LogP contribution in [-0.4, -0.2) is 63.6 Å². The third-order valence-electron chi connectivity index (χ3n) is 4.15. The van der Waals surface area contributed by atoms with Crippen molar-refractivity contribution in [3.8, 4) is 11.5 Å². The van der Waals surface area contributed by atoms with Crippen LogP contribution in [0.3, 0.4) is 0 Å². The predicted octanol–water partition coefficient (Wildman–Crippen LogP) is 1.76. The predicted molar refractivity (Wildman–Crippen MR) is 95.0 cm³/mol. The van der Waals surface area contributed by atoms with E-state index >= 15 is 0 Å². The Morgan fingerprint density at radius 2 is 2.04 bits per heavy atom. The molecule has 1 aliphatic heterocycles. The third kappa shape index (κ3) is 4.15. The number of rotatable bonds is 6. The summed E-state index contributed by atoms with van der Waals surface area (Å²) in [6, 6.07) is 3.58. The fourth-order valence-electron chi connectivity index (χ4n) is 2.80. The first-order chi connectivity index (χ1) is 11.5. The first kappa shape index (κ1) is 18.9. The fraction of sp³-hybridized carbons (Fsp3) is 0.588. The van der Waals surface area contributed by atoms with Crippen LogP contribution >= 0.6 is 11.8 Å². The highest BCUT2D eigenvalue weighted by molar-refractivity contribution is 7.98. The van der Waals surface area contributed by atoms with E-state index in [1.165, 1.54) is 0 Å². The van der Waals surface area contributed by atoms with E-state index in [4.69, 9.17) is 14.2 Å². The van der Waals surface area contributed by atoms with Gasteiger partial charge in [0.05, 0.1) is 26.9 Å². The number of carbonyl (C=O) groups excluding carboxylic acids is 1. The van der Waals surface area contributed by atoms with Crippen LogP contribution < -0.4 is 14.8 Å². The Bertz CT molecular complexity index is 582. The summed E-state index contributed by atoms with van der Waals surface area (Å²) < 4.78 is 16.3. The lowest BCUT2D eigenvalue weighted by Crippen LogP contribution is -2.55. The Morgan fingerprint density at radius 3 is 2.62 bits per heavy atom. The van der Waals surface area contributed by atoms with Gasteiger partial charge in [-0.25, -0.2) is 0 Å². The molecule has 0 spiro atoms. The van der Waals surface area contributed by atoms with Gasteiger partial charge in [0.15, 0.2) is 11.5 Å². The fourth-order valence-corrected chi connectivity index (χ4v) is 3.41. The van der Waals surface area contributed by atoms with E-state index < -0.39 is 0 Å². The second kappa shape index (κ2) is 8.60. The minimum atomic E-state index is -0.304. The first-order valence-electron chi connectivity index (χ1n) is 7.90. The Labute approximate surface area is 147 Å². The number of amides is 1. The Hall–Kier alpha value is -1.44. The zero-order chi connectivity index (χ0) is 17.7. The number of nitrogens with one attached hydrogen (secondary N) is 1. The Morgan fingerprint density at radius 1 is 1.38 bits per heavy atom. The van der Waals surface area contributed by atoms with E-state index in [0.717, 1.165) is 10.5 Å². The molecule has 0 saturated carbocycles. The summed E-state index contributed by atoms with van der Waals surface area (Å²) in [7, 11) is 5.04. The summed E-state index contributed by atoms with van der Waals surface area (Å²) in [5.41, 5.74) is 1.03. The number of thioether (sulfide) groups is 1. The molecule has 0 aliphatic carbocycles. The largest absolute Gasteiger partial charge is 0.493 e. The van der Waals surface area contributed by atoms with E-state index in [0.29, 0.717) is 31.2 Å². The molecule has 1 aliphatic rings. The van der Waals surface area contributed by atoms with Crippen molar-refractivity contribution in [2.45, 2.75) is 30.5 Å². The van der Waals surface area contributed by atoms with Gasteiger partial charge >= 0.3 is 0 Å². The number of nitrogens with zero attached hydrogens (tertiary/aromatic N) is 1. The quantitative estimate of drug-likeness (QED) is 0.786. The van der Waals surface area contributed by atoms with E-state index in [9.17, 15) is 4.79 Å². The van der Waals surface area contributed by atoms with Crippen molar-refractivity contribution >= 4 is 17.7 Å². The highest BCUT2D eigenvalue weighted by Crippen LogP contribution is 2.35. The molecule has 0 bridgehead atoms. The van der Waals surface area contributed by atoms with Crippen molar-refractivity contribution in [3.05, 3.63) is 17.7 Å². The average molecular weight is 354 g/mol. The summed E-state index contributed by atoms with van der Waals surface area (Å²) in [5, 5.41) is 3.24. The first-order valence-corrected chi connectivity index (χ1v) is 9.13. The molecule has 0 unspecified atom stereocenters. The van der Waals surface area contributed by atoms with Crippen LogP contribution in [0, 0.1) is 0 Å². The summed E-state index contributed by atoms with van der Waals surface area (Å²) in [6.45, 7) is 3.76. The lowest BCUT2D eigenvalue weighted by molar-refractivity contribution is -0.138. The van der Waals surface area contributed by atoms with E-state index in [1.54, 1.807) is 30.9 Å². The van der Waals surface area contributed by atoms with Crippen LogP contribution in [0.25, 0.3) is 0 Å². The molecular weight excluding hydrogens is 328 g/mol. The molecule has 1 amide bonds. The van der Waals surface area contributed by atoms with Gasteiger partial charge in [0, 0.05) is 25.0 Å². The molecule has 2 rings (SSSR count). The lowest BCUT2D eigenvalue weighted by Gasteiger charge is -2.32. The molecule has 0 radical (unpaired) electrons. The van der Waals surface area contributed by atoms with Gasteiger partial charge in [0.1, 0.15) is 6.04 Å². The number of morpholine rings is 1. The van der Waals surface area contributed by atoms with E-state index in [1.807, 2.05) is 32.4 Å². The van der Waals surface area contributed by atoms with Crippen LogP contribution in [0.4, 0.5) is 0 Å². The van der Waals surface area contributed by atoms with Gasteiger partial charge in [-0.15, -0.1) is 11.8 Å². The van der Waals surface area contributed by atoms with Crippen molar-refractivity contribution in [2.75, 3.05) is 40.7 Å². The van der Waals surface area contributed by atoms with Crippen LogP contribution in [-0.2, 0) is 16.1 Å². The minimum Gasteiger partial charge on any atom is -0.493 e. The van der Waals surface area contributed by atoms with Gasteiger partial charge < -0.3 is 24.4 Å². The van der Waals surface area contributed by atoms with Crippen molar-refractivity contribution in [3.63, 3.8) is 0 Å². The van der Waals surface area contributed by atoms with Gasteiger partial charge in [-0.2, -0.15) is 0 Å². The molecule has 1 aromatic rings. The SMILES string of the molecule is COc1cc(CN(C)C(=O)[C@H]2NCCO[C@@H]2C)c(SC)cc1OC. The molecular formula is C17H26N2O4S. The zero-order valence-corrected chi connectivity index (χ0v) is 15.7. The molecule has 1 saturated heterocycles. The highest BCUT2D eigenvalue weighted by atomic mass is 32.2. The van der Waals surface area contributed by atoms with E-state index in [-0.39, 0.29) is 18.1 Å². The van der Waals surface area contributed by atoms with Crippen LogP contribution in [0.15, 0.2) is 17.0 Å². The molecule has 1 N–H and O–H groups in total. The van der Waals surface area contributed by atoms with E-state index in [2.05, 4.69) is 5.32 Å². The topological polar surface area (TPSA) is 60.0 Å². The maximum atomic E-state index is 12.7. The van der Waals surface area contributed by atoms with Gasteiger partial charge in [0.2, 0.25) is 5.91 Å². The molecule has 1 aromatic carbocycles. The van der Waals surface area contributed by atoms with Gasteiger partial charge in [-0.1, -0.05) is 0 Å². The number of methoxy groups -OCH3 is 2. The second-order valence-corrected chi connectivity index (χ2v) is 6.57. The second-order valence-electron chi connectivity index (χ2n) is 5.72. The van der Waals surface area contributed by atoms with Crippen LogP contribution in [0.2, 0.25) is 0 Å². The molecule has 7 heteroatoms. The summed E-state index contributed by atoms with van der Waals surface area (Å²) in [5.74, 6) is 1.39. The number of benzene rings is 1. The molecule has 134 valence electrons. The van der Waals surface area contributed by atoms with Gasteiger partial charge in [-0.3, -0.25) is 4.79 Å². The zero-order valence-electron chi connectivity index (χ0n) is 14.9. The Balaban J connectivity index is 2.18.